The third kappa shape index (κ3) is 2.72. The molecule has 1 aromatic heterocycles. The van der Waals surface area contributed by atoms with Crippen LogP contribution in [0, 0.1) is 5.82 Å². The highest BCUT2D eigenvalue weighted by Crippen LogP contribution is 2.18. The maximum absolute atomic E-state index is 12.9. The zero-order valence-corrected chi connectivity index (χ0v) is 9.83. The molecule has 1 heterocycles. The summed E-state index contributed by atoms with van der Waals surface area (Å²) in [6, 6.07) is 8.25. The van der Waals surface area contributed by atoms with Crippen molar-refractivity contribution in [1.82, 2.24) is 0 Å². The van der Waals surface area contributed by atoms with Gasteiger partial charge in [-0.05, 0) is 30.3 Å². The Morgan fingerprint density at radius 3 is 2.50 bits per heavy atom. The van der Waals surface area contributed by atoms with Gasteiger partial charge in [-0.3, -0.25) is 4.79 Å². The van der Waals surface area contributed by atoms with Gasteiger partial charge in [0, 0.05) is 5.69 Å². The molecule has 2 rings (SSSR count). The highest BCUT2D eigenvalue weighted by atomic mass is 32.1. The molecule has 4 nitrogen and oxygen atoms in total. The summed E-state index contributed by atoms with van der Waals surface area (Å²) in [5, 5.41) is 11.2. The van der Waals surface area contributed by atoms with Gasteiger partial charge in [0.2, 0.25) is 0 Å². The largest absolute Gasteiger partial charge is 0.477 e. The fourth-order valence-electron chi connectivity index (χ4n) is 1.33. The summed E-state index contributed by atoms with van der Waals surface area (Å²) in [6.07, 6.45) is 0. The average Bonchev–Trinajstić information content (AvgIpc) is 2.78. The first-order valence-electron chi connectivity index (χ1n) is 4.96. The topological polar surface area (TPSA) is 66.4 Å². The van der Waals surface area contributed by atoms with Crippen LogP contribution >= 0.6 is 11.3 Å². The number of hydrogen-bond acceptors (Lipinski definition) is 3. The van der Waals surface area contributed by atoms with Crippen LogP contribution in [-0.4, -0.2) is 17.0 Å². The fourth-order valence-corrected chi connectivity index (χ4v) is 2.07. The molecule has 0 radical (unpaired) electrons. The number of thiophene rings is 1. The van der Waals surface area contributed by atoms with Crippen molar-refractivity contribution < 1.29 is 19.1 Å². The number of carboxylic acids is 1. The lowest BCUT2D eigenvalue weighted by molar-refractivity contribution is 0.0702. The van der Waals surface area contributed by atoms with Crippen molar-refractivity contribution in [3.05, 3.63) is 52.0 Å². The number of carbonyl (C=O) groups is 2. The van der Waals surface area contributed by atoms with Gasteiger partial charge in [0.05, 0.1) is 4.88 Å². The molecule has 0 fully saturated rings. The van der Waals surface area contributed by atoms with Crippen LogP contribution in [0.15, 0.2) is 36.4 Å². The van der Waals surface area contributed by atoms with Gasteiger partial charge >= 0.3 is 5.97 Å². The van der Waals surface area contributed by atoms with E-state index in [1.54, 1.807) is 6.07 Å². The Bertz CT molecular complexity index is 609. The van der Waals surface area contributed by atoms with Crippen molar-refractivity contribution in [2.45, 2.75) is 0 Å². The number of anilines is 1. The highest BCUT2D eigenvalue weighted by Gasteiger charge is 2.13. The van der Waals surface area contributed by atoms with Crippen molar-refractivity contribution in [2.75, 3.05) is 5.32 Å². The van der Waals surface area contributed by atoms with Gasteiger partial charge in [-0.2, -0.15) is 0 Å². The molecule has 0 aliphatic carbocycles. The summed E-state index contributed by atoms with van der Waals surface area (Å²) in [7, 11) is 0. The van der Waals surface area contributed by atoms with Crippen LogP contribution in [0.1, 0.15) is 19.3 Å². The van der Waals surface area contributed by atoms with Crippen molar-refractivity contribution in [2.24, 2.45) is 0 Å². The summed E-state index contributed by atoms with van der Waals surface area (Å²) in [5.74, 6) is -1.99. The van der Waals surface area contributed by atoms with E-state index in [2.05, 4.69) is 5.32 Å². The molecule has 0 unspecified atom stereocenters. The second-order valence-corrected chi connectivity index (χ2v) is 4.52. The number of benzene rings is 1. The van der Waals surface area contributed by atoms with E-state index >= 15 is 0 Å². The Morgan fingerprint density at radius 2 is 1.89 bits per heavy atom. The Morgan fingerprint density at radius 1 is 1.17 bits per heavy atom. The van der Waals surface area contributed by atoms with E-state index in [4.69, 9.17) is 5.11 Å². The standard InChI is InChI=1S/C12H8FNO3S/c13-7-2-1-3-8(6-7)14-11(15)9-4-5-10(18-9)12(16)17/h1-6H,(H,14,15)(H,16,17). The molecule has 0 saturated heterocycles. The van der Waals surface area contributed by atoms with Gasteiger partial charge in [-0.1, -0.05) is 6.07 Å². The van der Waals surface area contributed by atoms with E-state index in [1.165, 1.54) is 30.3 Å². The van der Waals surface area contributed by atoms with E-state index in [0.717, 1.165) is 11.3 Å². The molecule has 1 aromatic carbocycles. The third-order valence-electron chi connectivity index (χ3n) is 2.12. The van der Waals surface area contributed by atoms with Crippen molar-refractivity contribution in [3.8, 4) is 0 Å². The lowest BCUT2D eigenvalue weighted by Crippen LogP contribution is -2.10. The minimum Gasteiger partial charge on any atom is -0.477 e. The highest BCUT2D eigenvalue weighted by molar-refractivity contribution is 7.15. The molecule has 0 saturated carbocycles. The number of carbonyl (C=O) groups excluding carboxylic acids is 1. The summed E-state index contributed by atoms with van der Waals surface area (Å²) in [5.41, 5.74) is 0.324. The first-order chi connectivity index (χ1) is 8.56. The van der Waals surface area contributed by atoms with Crippen LogP contribution in [-0.2, 0) is 0 Å². The number of rotatable bonds is 3. The van der Waals surface area contributed by atoms with Crippen LogP contribution < -0.4 is 5.32 Å². The minimum absolute atomic E-state index is 0.0828. The number of amides is 1. The summed E-state index contributed by atoms with van der Waals surface area (Å²) in [6.45, 7) is 0. The molecule has 18 heavy (non-hydrogen) atoms. The molecule has 1 amide bonds. The number of nitrogens with one attached hydrogen (secondary N) is 1. The van der Waals surface area contributed by atoms with Crippen LogP contribution in [0.2, 0.25) is 0 Å². The number of hydrogen-bond donors (Lipinski definition) is 2. The summed E-state index contributed by atoms with van der Waals surface area (Å²) < 4.78 is 12.9. The Labute approximate surface area is 106 Å². The normalized spacial score (nSPS) is 10.1. The zero-order chi connectivity index (χ0) is 13.1. The van der Waals surface area contributed by atoms with Gasteiger partial charge in [0.15, 0.2) is 0 Å². The Hall–Kier alpha value is -2.21. The van der Waals surface area contributed by atoms with E-state index in [-0.39, 0.29) is 9.75 Å². The maximum Gasteiger partial charge on any atom is 0.345 e. The number of halogens is 1. The van der Waals surface area contributed by atoms with Crippen LogP contribution in [0.5, 0.6) is 0 Å². The molecule has 2 N–H and O–H groups in total. The van der Waals surface area contributed by atoms with Crippen LogP contribution in [0.3, 0.4) is 0 Å². The van der Waals surface area contributed by atoms with Crippen LogP contribution in [0.4, 0.5) is 10.1 Å². The average molecular weight is 265 g/mol. The molecular weight excluding hydrogens is 257 g/mol. The second kappa shape index (κ2) is 4.97. The van der Waals surface area contributed by atoms with Gasteiger partial charge in [0.1, 0.15) is 10.7 Å². The smallest absolute Gasteiger partial charge is 0.345 e. The van der Waals surface area contributed by atoms with Gasteiger partial charge < -0.3 is 10.4 Å². The number of carboxylic acid groups (broad SMARTS) is 1. The third-order valence-corrected chi connectivity index (χ3v) is 3.20. The first kappa shape index (κ1) is 12.3. The van der Waals surface area contributed by atoms with Crippen LogP contribution in [0.25, 0.3) is 0 Å². The molecule has 6 heteroatoms. The molecule has 0 aliphatic heterocycles. The summed E-state index contributed by atoms with van der Waals surface area (Å²) >= 11 is 0.867. The fraction of sp³-hybridized carbons (Fsp3) is 0. The van der Waals surface area contributed by atoms with E-state index in [0.29, 0.717) is 5.69 Å². The maximum atomic E-state index is 12.9. The lowest BCUT2D eigenvalue weighted by Gasteiger charge is -2.02. The number of aromatic carboxylic acids is 1. The zero-order valence-electron chi connectivity index (χ0n) is 9.01. The lowest BCUT2D eigenvalue weighted by atomic mass is 10.3. The molecule has 92 valence electrons. The van der Waals surface area contributed by atoms with Gasteiger partial charge in [-0.25, -0.2) is 9.18 Å². The van der Waals surface area contributed by atoms with Gasteiger partial charge in [0.25, 0.3) is 5.91 Å². The molecule has 0 atom stereocenters. The first-order valence-corrected chi connectivity index (χ1v) is 5.78. The molecule has 0 bridgehead atoms. The molecule has 0 spiro atoms. The van der Waals surface area contributed by atoms with Gasteiger partial charge in [-0.15, -0.1) is 11.3 Å². The van der Waals surface area contributed by atoms with Crippen molar-refractivity contribution in [3.63, 3.8) is 0 Å². The van der Waals surface area contributed by atoms with E-state index in [9.17, 15) is 14.0 Å². The Balaban J connectivity index is 2.14. The second-order valence-electron chi connectivity index (χ2n) is 3.43. The summed E-state index contributed by atoms with van der Waals surface area (Å²) in [4.78, 5) is 22.8. The van der Waals surface area contributed by atoms with Crippen molar-refractivity contribution >= 4 is 28.9 Å². The SMILES string of the molecule is O=C(O)c1ccc(C(=O)Nc2cccc(F)c2)s1. The molecule has 0 aliphatic rings. The molecule has 2 aromatic rings. The van der Waals surface area contributed by atoms with Crippen molar-refractivity contribution in [1.29, 1.82) is 0 Å². The predicted molar refractivity (Wildman–Crippen MR) is 65.6 cm³/mol. The molecular formula is C12H8FNO3S. The Kier molecular flexibility index (Phi) is 3.38. The quantitative estimate of drug-likeness (QED) is 0.896. The minimum atomic E-state index is -1.08. The monoisotopic (exact) mass is 265 g/mol. The van der Waals surface area contributed by atoms with E-state index in [1.807, 2.05) is 0 Å². The van der Waals surface area contributed by atoms with E-state index < -0.39 is 17.7 Å². The predicted octanol–water partition coefficient (Wildman–Crippen LogP) is 2.84.